The van der Waals surface area contributed by atoms with Gasteiger partial charge in [0.25, 0.3) is 5.91 Å². The monoisotopic (exact) mass is 532 g/mol. The number of amides is 2. The van der Waals surface area contributed by atoms with E-state index in [2.05, 4.69) is 15.3 Å². The Morgan fingerprint density at radius 1 is 1.08 bits per heavy atom. The number of nitrogens with zero attached hydrogens (tertiary/aromatic N) is 3. The molecule has 37 heavy (non-hydrogen) atoms. The van der Waals surface area contributed by atoms with Gasteiger partial charge in [-0.1, -0.05) is 11.6 Å². The van der Waals surface area contributed by atoms with E-state index in [9.17, 15) is 22.8 Å². The normalized spacial score (nSPS) is 28.2. The number of anilines is 1. The molecule has 1 N–H and O–H groups in total. The smallest absolute Gasteiger partial charge is 0.332 e. The summed E-state index contributed by atoms with van der Waals surface area (Å²) in [5.74, 6) is 2.13. The third-order valence-corrected chi connectivity index (χ3v) is 9.11. The average Bonchev–Trinajstić information content (AvgIpc) is 2.82. The first-order valence-electron chi connectivity index (χ1n) is 12.9. The van der Waals surface area contributed by atoms with Crippen LogP contribution in [0.4, 0.5) is 19.0 Å². The van der Waals surface area contributed by atoms with Gasteiger partial charge in [-0.3, -0.25) is 9.59 Å². The number of hydrogen-bond donors (Lipinski definition) is 1. The Morgan fingerprint density at radius 3 is 2.41 bits per heavy atom. The van der Waals surface area contributed by atoms with E-state index < -0.39 is 17.6 Å². The number of nitrogens with one attached hydrogen (secondary N) is 1. The van der Waals surface area contributed by atoms with Crippen LogP contribution < -0.4 is 5.32 Å². The first-order chi connectivity index (χ1) is 17.6. The number of alkyl halides is 3. The molecular formula is C27H28ClF3N4O2. The highest BCUT2D eigenvalue weighted by Crippen LogP contribution is 2.61. The maximum absolute atomic E-state index is 13.2. The average molecular weight is 533 g/mol. The van der Waals surface area contributed by atoms with Crippen molar-refractivity contribution in [1.29, 1.82) is 0 Å². The van der Waals surface area contributed by atoms with Crippen LogP contribution in [0.15, 0.2) is 24.5 Å². The molecule has 196 valence electrons. The molecule has 10 heteroatoms. The molecular weight excluding hydrogens is 505 g/mol. The fraction of sp³-hybridized carbons (Fsp3) is 0.556. The minimum Gasteiger partial charge on any atom is -0.332 e. The molecule has 0 radical (unpaired) electrons. The van der Waals surface area contributed by atoms with Crippen molar-refractivity contribution in [2.75, 3.05) is 11.9 Å². The molecule has 4 aliphatic carbocycles. The summed E-state index contributed by atoms with van der Waals surface area (Å²) in [7, 11) is 0. The van der Waals surface area contributed by atoms with Gasteiger partial charge >= 0.3 is 6.18 Å². The lowest BCUT2D eigenvalue weighted by atomic mass is 9.49. The number of halogens is 4. The van der Waals surface area contributed by atoms with E-state index in [-0.39, 0.29) is 35.0 Å². The number of carbonyl (C=O) groups excluding carboxylic acids is 2. The minimum absolute atomic E-state index is 0.0305. The van der Waals surface area contributed by atoms with Gasteiger partial charge in [0.05, 0.1) is 28.4 Å². The Kier molecular flexibility index (Phi) is 5.97. The molecule has 2 heterocycles. The largest absolute Gasteiger partial charge is 0.416 e. The minimum atomic E-state index is -4.58. The molecule has 0 unspecified atom stereocenters. The Morgan fingerprint density at radius 2 is 1.76 bits per heavy atom. The summed E-state index contributed by atoms with van der Waals surface area (Å²) < 4.78 is 39.5. The van der Waals surface area contributed by atoms with Gasteiger partial charge in [0.1, 0.15) is 12.1 Å². The van der Waals surface area contributed by atoms with Crippen LogP contribution >= 0.6 is 11.6 Å². The summed E-state index contributed by atoms with van der Waals surface area (Å²) in [6.45, 7) is 0.352. The molecule has 4 saturated carbocycles. The fourth-order valence-corrected chi connectivity index (χ4v) is 7.89. The zero-order chi connectivity index (χ0) is 25.9. The number of fused-ring (bicyclic) bond motifs is 1. The van der Waals surface area contributed by atoms with E-state index >= 15 is 0 Å². The Bertz CT molecular complexity index is 1230. The van der Waals surface area contributed by atoms with Crippen LogP contribution in [-0.2, 0) is 23.9 Å². The highest BCUT2D eigenvalue weighted by Gasteiger charge is 2.51. The molecule has 4 bridgehead atoms. The van der Waals surface area contributed by atoms with Crippen molar-refractivity contribution in [1.82, 2.24) is 14.9 Å². The second-order valence-corrected chi connectivity index (χ2v) is 11.9. The van der Waals surface area contributed by atoms with E-state index in [4.69, 9.17) is 11.6 Å². The zero-order valence-electron chi connectivity index (χ0n) is 20.3. The Balaban J connectivity index is 1.16. The predicted molar refractivity (Wildman–Crippen MR) is 131 cm³/mol. The number of carbonyl (C=O) groups is 2. The summed E-state index contributed by atoms with van der Waals surface area (Å²) >= 11 is 6.08. The summed E-state index contributed by atoms with van der Waals surface area (Å²) in [6.07, 6.45) is 5.05. The molecule has 2 amide bonds. The molecule has 1 aromatic heterocycles. The van der Waals surface area contributed by atoms with E-state index in [1.807, 2.05) is 0 Å². The second-order valence-electron chi connectivity index (χ2n) is 11.5. The van der Waals surface area contributed by atoms with Crippen molar-refractivity contribution in [3.63, 3.8) is 0 Å². The fourth-order valence-electron chi connectivity index (χ4n) is 7.69. The SMILES string of the molecule is O=C(CC12CC3CC(CC(C3)C1)C2)Nc1ncnc2c1CCN(C(=O)c1cc(C(F)(F)F)ccc1Cl)C2. The van der Waals surface area contributed by atoms with Crippen molar-refractivity contribution in [3.8, 4) is 0 Å². The van der Waals surface area contributed by atoms with E-state index in [1.165, 1.54) is 30.5 Å². The summed E-state index contributed by atoms with van der Waals surface area (Å²) in [5.41, 5.74) is 0.324. The third kappa shape index (κ3) is 4.71. The molecule has 0 saturated heterocycles. The van der Waals surface area contributed by atoms with Crippen LogP contribution in [0, 0.1) is 23.2 Å². The van der Waals surface area contributed by atoms with Gasteiger partial charge < -0.3 is 10.2 Å². The van der Waals surface area contributed by atoms with E-state index in [0.717, 1.165) is 60.8 Å². The van der Waals surface area contributed by atoms with Crippen molar-refractivity contribution in [2.45, 2.75) is 64.1 Å². The topological polar surface area (TPSA) is 75.2 Å². The highest BCUT2D eigenvalue weighted by molar-refractivity contribution is 6.33. The lowest BCUT2D eigenvalue weighted by molar-refractivity contribution is -0.137. The van der Waals surface area contributed by atoms with Crippen molar-refractivity contribution in [3.05, 3.63) is 51.9 Å². The maximum Gasteiger partial charge on any atom is 0.416 e. The third-order valence-electron chi connectivity index (χ3n) is 8.78. The number of benzene rings is 1. The molecule has 5 aliphatic rings. The lowest BCUT2D eigenvalue weighted by Crippen LogP contribution is -2.47. The van der Waals surface area contributed by atoms with Crippen molar-refractivity contribution in [2.24, 2.45) is 23.2 Å². The molecule has 2 aromatic rings. The van der Waals surface area contributed by atoms with Crippen LogP contribution in [0.5, 0.6) is 0 Å². The van der Waals surface area contributed by atoms with E-state index in [0.29, 0.717) is 24.4 Å². The standard InChI is InChI=1S/C27H28ClF3N4O2/c28-21-2-1-18(27(29,30)31)8-20(21)25(37)35-4-3-19-22(13-35)32-14-33-24(19)34-23(36)12-26-9-15-5-16(10-26)7-17(6-15)11-26/h1-2,8,14-17H,3-7,9-13H2,(H,32,33,34,36). The number of rotatable bonds is 4. The van der Waals surface area contributed by atoms with Crippen molar-refractivity contribution < 1.29 is 22.8 Å². The molecule has 6 nitrogen and oxygen atoms in total. The molecule has 0 spiro atoms. The van der Waals surface area contributed by atoms with Crippen LogP contribution in [-0.4, -0.2) is 33.2 Å². The van der Waals surface area contributed by atoms with Gasteiger partial charge in [-0.25, -0.2) is 9.97 Å². The summed E-state index contributed by atoms with van der Waals surface area (Å²) in [4.78, 5) is 36.3. The second kappa shape index (κ2) is 8.96. The Labute approximate surface area is 218 Å². The van der Waals surface area contributed by atoms with Crippen LogP contribution in [0.1, 0.15) is 72.1 Å². The van der Waals surface area contributed by atoms with Crippen LogP contribution in [0.2, 0.25) is 5.02 Å². The first-order valence-corrected chi connectivity index (χ1v) is 13.2. The van der Waals surface area contributed by atoms with Crippen LogP contribution in [0.25, 0.3) is 0 Å². The van der Waals surface area contributed by atoms with Gasteiger partial charge in [0, 0.05) is 18.5 Å². The van der Waals surface area contributed by atoms with Gasteiger partial charge in [-0.15, -0.1) is 0 Å². The number of hydrogen-bond acceptors (Lipinski definition) is 4. The van der Waals surface area contributed by atoms with E-state index in [1.54, 1.807) is 0 Å². The number of aromatic nitrogens is 2. The quantitative estimate of drug-likeness (QED) is 0.532. The van der Waals surface area contributed by atoms with Gasteiger partial charge in [-0.2, -0.15) is 13.2 Å². The molecule has 4 fully saturated rings. The predicted octanol–water partition coefficient (Wildman–Crippen LogP) is 5.89. The summed E-state index contributed by atoms with van der Waals surface area (Å²) in [6, 6.07) is 2.74. The molecule has 7 rings (SSSR count). The summed E-state index contributed by atoms with van der Waals surface area (Å²) in [5, 5.41) is 2.98. The molecule has 0 atom stereocenters. The van der Waals surface area contributed by atoms with Gasteiger partial charge in [0.15, 0.2) is 0 Å². The van der Waals surface area contributed by atoms with Crippen LogP contribution in [0.3, 0.4) is 0 Å². The lowest BCUT2D eigenvalue weighted by Gasteiger charge is -2.56. The molecule has 1 aliphatic heterocycles. The molecule has 1 aromatic carbocycles. The van der Waals surface area contributed by atoms with Gasteiger partial charge in [-0.05, 0) is 86.3 Å². The maximum atomic E-state index is 13.2. The highest BCUT2D eigenvalue weighted by atomic mass is 35.5. The van der Waals surface area contributed by atoms with Gasteiger partial charge in [0.2, 0.25) is 5.91 Å². The van der Waals surface area contributed by atoms with Crippen molar-refractivity contribution >= 4 is 29.2 Å². The zero-order valence-corrected chi connectivity index (χ0v) is 21.0. The first kappa shape index (κ1) is 24.6. The Hall–Kier alpha value is -2.68.